The summed E-state index contributed by atoms with van der Waals surface area (Å²) in [7, 11) is 2.19. The zero-order chi connectivity index (χ0) is 23.0. The molecule has 3 aromatic carbocycles. The van der Waals surface area contributed by atoms with E-state index in [0.29, 0.717) is 11.8 Å². The predicted molar refractivity (Wildman–Crippen MR) is 142 cm³/mol. The normalized spacial score (nSPS) is 12.7. The molecular formula is C31H33N2+. The summed E-state index contributed by atoms with van der Waals surface area (Å²) in [6.45, 7) is 11.5. The van der Waals surface area contributed by atoms with Crippen LogP contribution in [0.1, 0.15) is 44.4 Å². The smallest absolute Gasteiger partial charge is 0.224 e. The van der Waals surface area contributed by atoms with Gasteiger partial charge in [-0.2, -0.15) is 0 Å². The zero-order valence-corrected chi connectivity index (χ0v) is 20.7. The van der Waals surface area contributed by atoms with Crippen LogP contribution in [0, 0.1) is 18.8 Å². The standard InChI is InChI=1S/C31H33N2/c1-18(2)13-21-8-10-24-25-9-7-20(5)28-30(25)33(26(24)16-21)27-17-22(14-19(3)4)15-23-11-12-32(6)31(28)29(23)27/h7-12,15-19H,13-14H2,1-6H3/q+1. The number of nitrogens with zero attached hydrogens (tertiary/aromatic N) is 2. The molecule has 33 heavy (non-hydrogen) atoms. The summed E-state index contributed by atoms with van der Waals surface area (Å²) in [5, 5.41) is 6.82. The van der Waals surface area contributed by atoms with Crippen LogP contribution in [0.2, 0.25) is 0 Å². The molecule has 0 bridgehead atoms. The first-order valence-corrected chi connectivity index (χ1v) is 12.4. The van der Waals surface area contributed by atoms with Crippen molar-refractivity contribution in [3.63, 3.8) is 0 Å². The van der Waals surface area contributed by atoms with E-state index >= 15 is 0 Å². The van der Waals surface area contributed by atoms with Gasteiger partial charge < -0.3 is 4.40 Å². The zero-order valence-electron chi connectivity index (χ0n) is 20.7. The lowest BCUT2D eigenvalue weighted by Crippen LogP contribution is -2.29. The first kappa shape index (κ1) is 20.5. The Morgan fingerprint density at radius 1 is 0.758 bits per heavy atom. The Balaban J connectivity index is 1.91. The summed E-state index contributed by atoms with van der Waals surface area (Å²) >= 11 is 0. The van der Waals surface area contributed by atoms with Gasteiger partial charge >= 0.3 is 0 Å². The Morgan fingerprint density at radius 2 is 1.45 bits per heavy atom. The maximum atomic E-state index is 2.58. The molecule has 3 aromatic heterocycles. The third-order valence-electron chi connectivity index (χ3n) is 7.24. The van der Waals surface area contributed by atoms with E-state index in [2.05, 4.69) is 105 Å². The molecule has 2 heteroatoms. The van der Waals surface area contributed by atoms with Crippen LogP contribution in [0.15, 0.2) is 54.7 Å². The lowest BCUT2D eigenvalue weighted by Gasteiger charge is -2.15. The second-order valence-electron chi connectivity index (χ2n) is 10.9. The summed E-state index contributed by atoms with van der Waals surface area (Å²) in [6.07, 6.45) is 4.44. The molecule has 0 N–H and O–H groups in total. The molecule has 0 aliphatic carbocycles. The summed E-state index contributed by atoms with van der Waals surface area (Å²) < 4.78 is 4.90. The van der Waals surface area contributed by atoms with Gasteiger partial charge in [-0.15, -0.1) is 0 Å². The number of aryl methyl sites for hydroxylation is 2. The molecule has 3 heterocycles. The summed E-state index contributed by atoms with van der Waals surface area (Å²) in [4.78, 5) is 0. The van der Waals surface area contributed by atoms with E-state index in [0.717, 1.165) is 12.8 Å². The van der Waals surface area contributed by atoms with E-state index in [1.165, 1.54) is 65.7 Å². The highest BCUT2D eigenvalue weighted by molar-refractivity contribution is 6.25. The fourth-order valence-corrected chi connectivity index (χ4v) is 6.01. The maximum Gasteiger partial charge on any atom is 0.224 e. The van der Waals surface area contributed by atoms with Crippen molar-refractivity contribution in [2.75, 3.05) is 0 Å². The molecule has 166 valence electrons. The first-order chi connectivity index (χ1) is 15.8. The molecule has 0 radical (unpaired) electrons. The molecule has 0 spiro atoms. The fraction of sp³-hybridized carbons (Fsp3) is 0.323. The van der Waals surface area contributed by atoms with Gasteiger partial charge in [-0.05, 0) is 65.8 Å². The molecule has 2 nitrogen and oxygen atoms in total. The van der Waals surface area contributed by atoms with Crippen LogP contribution in [0.25, 0.3) is 49.0 Å². The minimum Gasteiger partial charge on any atom is -0.307 e. The minimum atomic E-state index is 0.631. The predicted octanol–water partition coefficient (Wildman–Crippen LogP) is 7.52. The molecule has 0 fully saturated rings. The Hall–Kier alpha value is -3.13. The van der Waals surface area contributed by atoms with Crippen molar-refractivity contribution < 1.29 is 4.57 Å². The van der Waals surface area contributed by atoms with E-state index in [-0.39, 0.29) is 0 Å². The van der Waals surface area contributed by atoms with Crippen LogP contribution in [0.5, 0.6) is 0 Å². The summed E-state index contributed by atoms with van der Waals surface area (Å²) in [5.74, 6) is 1.28. The Kier molecular flexibility index (Phi) is 4.46. The van der Waals surface area contributed by atoms with Crippen molar-refractivity contribution in [1.29, 1.82) is 0 Å². The number of fused-ring (bicyclic) bond motifs is 5. The Labute approximate surface area is 195 Å². The van der Waals surface area contributed by atoms with Crippen molar-refractivity contribution in [2.45, 2.75) is 47.5 Å². The lowest BCUT2D eigenvalue weighted by molar-refractivity contribution is -0.643. The third-order valence-corrected chi connectivity index (χ3v) is 7.24. The molecule has 6 aromatic rings. The number of benzene rings is 3. The van der Waals surface area contributed by atoms with Gasteiger partial charge in [0.05, 0.1) is 27.3 Å². The van der Waals surface area contributed by atoms with E-state index < -0.39 is 0 Å². The average Bonchev–Trinajstić information content (AvgIpc) is 3.07. The van der Waals surface area contributed by atoms with Crippen LogP contribution in [0.4, 0.5) is 0 Å². The quantitative estimate of drug-likeness (QED) is 0.154. The largest absolute Gasteiger partial charge is 0.307 e. The highest BCUT2D eigenvalue weighted by atomic mass is 15.0. The van der Waals surface area contributed by atoms with Crippen molar-refractivity contribution in [3.8, 4) is 0 Å². The van der Waals surface area contributed by atoms with Crippen molar-refractivity contribution in [2.24, 2.45) is 18.9 Å². The highest BCUT2D eigenvalue weighted by Crippen LogP contribution is 2.41. The molecule has 0 aliphatic heterocycles. The Bertz CT molecular complexity index is 1680. The van der Waals surface area contributed by atoms with E-state index in [1.807, 2.05) is 0 Å². The molecule has 0 saturated carbocycles. The van der Waals surface area contributed by atoms with Crippen molar-refractivity contribution in [3.05, 3.63) is 71.4 Å². The fourth-order valence-electron chi connectivity index (χ4n) is 6.01. The third kappa shape index (κ3) is 2.96. The van der Waals surface area contributed by atoms with Gasteiger partial charge in [-0.1, -0.05) is 58.0 Å². The van der Waals surface area contributed by atoms with E-state index in [1.54, 1.807) is 0 Å². The summed E-state index contributed by atoms with van der Waals surface area (Å²) in [5.41, 5.74) is 9.59. The molecule has 0 aliphatic rings. The van der Waals surface area contributed by atoms with E-state index in [4.69, 9.17) is 0 Å². The number of hydrogen-bond donors (Lipinski definition) is 0. The van der Waals surface area contributed by atoms with Crippen LogP contribution in [0.3, 0.4) is 0 Å². The van der Waals surface area contributed by atoms with E-state index in [9.17, 15) is 0 Å². The number of hydrogen-bond acceptors (Lipinski definition) is 0. The number of pyridine rings is 2. The van der Waals surface area contributed by atoms with Gasteiger partial charge in [0.1, 0.15) is 7.05 Å². The topological polar surface area (TPSA) is 8.29 Å². The van der Waals surface area contributed by atoms with Gasteiger partial charge in [-0.25, -0.2) is 4.57 Å². The minimum absolute atomic E-state index is 0.631. The molecule has 0 amide bonds. The van der Waals surface area contributed by atoms with Gasteiger partial charge in [0.25, 0.3) is 0 Å². The molecular weight excluding hydrogens is 400 g/mol. The molecule has 0 atom stereocenters. The number of rotatable bonds is 4. The lowest BCUT2D eigenvalue weighted by atomic mass is 9.96. The van der Waals surface area contributed by atoms with Crippen LogP contribution in [-0.4, -0.2) is 4.40 Å². The van der Waals surface area contributed by atoms with Crippen molar-refractivity contribution in [1.82, 2.24) is 4.40 Å². The monoisotopic (exact) mass is 433 g/mol. The Morgan fingerprint density at radius 3 is 2.21 bits per heavy atom. The second kappa shape index (κ2) is 7.18. The number of aromatic nitrogens is 2. The highest BCUT2D eigenvalue weighted by Gasteiger charge is 2.24. The van der Waals surface area contributed by atoms with Crippen LogP contribution >= 0.6 is 0 Å². The van der Waals surface area contributed by atoms with Crippen molar-refractivity contribution >= 4 is 49.0 Å². The second-order valence-corrected chi connectivity index (χ2v) is 10.9. The van der Waals surface area contributed by atoms with Gasteiger partial charge in [0, 0.05) is 16.8 Å². The van der Waals surface area contributed by atoms with Gasteiger partial charge in [0.2, 0.25) is 5.52 Å². The van der Waals surface area contributed by atoms with Crippen LogP contribution in [-0.2, 0) is 19.9 Å². The van der Waals surface area contributed by atoms with Crippen LogP contribution < -0.4 is 4.57 Å². The summed E-state index contributed by atoms with van der Waals surface area (Å²) in [6, 6.07) is 19.0. The maximum absolute atomic E-state index is 2.58. The average molecular weight is 434 g/mol. The first-order valence-electron chi connectivity index (χ1n) is 12.4. The molecule has 6 rings (SSSR count). The molecule has 0 saturated heterocycles. The SMILES string of the molecule is Cc1ccc2c3ccc(CC(C)C)cc3n3c4cc(CC(C)C)cc5cc[n+](C)c(c1c23)c54. The molecule has 0 unspecified atom stereocenters. The van der Waals surface area contributed by atoms with Gasteiger partial charge in [0.15, 0.2) is 6.20 Å². The van der Waals surface area contributed by atoms with Gasteiger partial charge in [-0.3, -0.25) is 0 Å².